The zero-order valence-corrected chi connectivity index (χ0v) is 11.9. The monoisotopic (exact) mass is 261 g/mol. The molecule has 0 aliphatic carbocycles. The van der Waals surface area contributed by atoms with Crippen LogP contribution >= 0.6 is 0 Å². The quantitative estimate of drug-likeness (QED) is 0.892. The van der Waals surface area contributed by atoms with E-state index in [0.29, 0.717) is 13.0 Å². The van der Waals surface area contributed by atoms with Crippen molar-refractivity contribution in [2.24, 2.45) is 5.73 Å². The fourth-order valence-electron chi connectivity index (χ4n) is 2.56. The van der Waals surface area contributed by atoms with E-state index in [1.54, 1.807) is 0 Å². The molecule has 1 heterocycles. The minimum atomic E-state index is 0.183. The molecule has 4 heteroatoms. The summed E-state index contributed by atoms with van der Waals surface area (Å²) >= 11 is 0. The van der Waals surface area contributed by atoms with Gasteiger partial charge in [-0.25, -0.2) is 0 Å². The van der Waals surface area contributed by atoms with Crippen LogP contribution in [-0.2, 0) is 4.79 Å². The first kappa shape index (κ1) is 13.9. The van der Waals surface area contributed by atoms with Crippen molar-refractivity contribution in [2.45, 2.75) is 20.3 Å². The molecule has 1 amide bonds. The van der Waals surface area contributed by atoms with E-state index in [1.165, 1.54) is 16.8 Å². The second-order valence-electron chi connectivity index (χ2n) is 5.13. The highest BCUT2D eigenvalue weighted by Crippen LogP contribution is 2.23. The molecule has 0 radical (unpaired) electrons. The van der Waals surface area contributed by atoms with E-state index in [4.69, 9.17) is 5.73 Å². The third kappa shape index (κ3) is 3.07. The minimum Gasteiger partial charge on any atom is -0.368 e. The predicted molar refractivity (Wildman–Crippen MR) is 78.4 cm³/mol. The number of nitrogens with zero attached hydrogens (tertiary/aromatic N) is 2. The molecule has 1 saturated heterocycles. The molecule has 104 valence electrons. The number of carbonyl (C=O) groups excluding carboxylic acids is 1. The number of aryl methyl sites for hydroxylation is 1. The lowest BCUT2D eigenvalue weighted by atomic mass is 10.1. The largest absolute Gasteiger partial charge is 0.368 e. The maximum absolute atomic E-state index is 11.8. The number of hydrogen-bond donors (Lipinski definition) is 1. The van der Waals surface area contributed by atoms with Crippen LogP contribution in [-0.4, -0.2) is 43.5 Å². The van der Waals surface area contributed by atoms with E-state index in [2.05, 4.69) is 36.9 Å². The number of carbonyl (C=O) groups is 1. The van der Waals surface area contributed by atoms with Crippen LogP contribution < -0.4 is 10.6 Å². The van der Waals surface area contributed by atoms with Crippen molar-refractivity contribution < 1.29 is 4.79 Å². The van der Waals surface area contributed by atoms with Crippen molar-refractivity contribution in [3.05, 3.63) is 29.3 Å². The Kier molecular flexibility index (Phi) is 4.43. The zero-order chi connectivity index (χ0) is 13.8. The van der Waals surface area contributed by atoms with Crippen molar-refractivity contribution in [1.82, 2.24) is 4.90 Å². The SMILES string of the molecule is Cc1cccc(N2CCN(C(=O)CCN)CC2)c1C. The Balaban J connectivity index is 2.00. The standard InChI is InChI=1S/C15H23N3O/c1-12-4-3-5-14(13(12)2)17-8-10-18(11-9-17)15(19)6-7-16/h3-5H,6-11,16H2,1-2H3. The summed E-state index contributed by atoms with van der Waals surface area (Å²) in [6.07, 6.45) is 0.462. The summed E-state index contributed by atoms with van der Waals surface area (Å²) in [7, 11) is 0. The maximum Gasteiger partial charge on any atom is 0.223 e. The highest BCUT2D eigenvalue weighted by Gasteiger charge is 2.21. The van der Waals surface area contributed by atoms with Gasteiger partial charge in [0, 0.05) is 44.8 Å². The first-order valence-corrected chi connectivity index (χ1v) is 6.92. The third-order valence-electron chi connectivity index (χ3n) is 3.91. The molecule has 1 aliphatic rings. The molecule has 1 fully saturated rings. The molecular formula is C15H23N3O. The molecule has 0 unspecified atom stereocenters. The summed E-state index contributed by atoms with van der Waals surface area (Å²) in [5.41, 5.74) is 9.39. The highest BCUT2D eigenvalue weighted by molar-refractivity contribution is 5.76. The number of piperazine rings is 1. The fraction of sp³-hybridized carbons (Fsp3) is 0.533. The van der Waals surface area contributed by atoms with Crippen LogP contribution in [0.1, 0.15) is 17.5 Å². The first-order valence-electron chi connectivity index (χ1n) is 6.92. The van der Waals surface area contributed by atoms with Gasteiger partial charge in [-0.05, 0) is 31.0 Å². The van der Waals surface area contributed by atoms with Crippen LogP contribution in [0.25, 0.3) is 0 Å². The van der Waals surface area contributed by atoms with E-state index < -0.39 is 0 Å². The number of hydrogen-bond acceptors (Lipinski definition) is 3. The van der Waals surface area contributed by atoms with E-state index in [1.807, 2.05) is 4.90 Å². The molecule has 2 rings (SSSR count). The van der Waals surface area contributed by atoms with E-state index >= 15 is 0 Å². The van der Waals surface area contributed by atoms with Crippen molar-refractivity contribution in [3.8, 4) is 0 Å². The Morgan fingerprint density at radius 1 is 1.21 bits per heavy atom. The molecule has 0 aromatic heterocycles. The maximum atomic E-state index is 11.8. The minimum absolute atomic E-state index is 0.183. The normalized spacial score (nSPS) is 15.7. The van der Waals surface area contributed by atoms with Crippen molar-refractivity contribution in [3.63, 3.8) is 0 Å². The zero-order valence-electron chi connectivity index (χ0n) is 11.9. The molecule has 1 aliphatic heterocycles. The summed E-state index contributed by atoms with van der Waals surface area (Å²) in [6.45, 7) is 8.14. The van der Waals surface area contributed by atoms with Gasteiger partial charge in [0.2, 0.25) is 5.91 Å². The summed E-state index contributed by atoms with van der Waals surface area (Å²) in [6, 6.07) is 6.41. The van der Waals surface area contributed by atoms with Gasteiger partial charge < -0.3 is 15.5 Å². The molecule has 2 N–H and O–H groups in total. The molecule has 0 atom stereocenters. The van der Waals surface area contributed by atoms with E-state index in [0.717, 1.165) is 26.2 Å². The Morgan fingerprint density at radius 2 is 1.89 bits per heavy atom. The summed E-state index contributed by atoms with van der Waals surface area (Å²) < 4.78 is 0. The number of nitrogens with two attached hydrogens (primary N) is 1. The van der Waals surface area contributed by atoms with Crippen LogP contribution in [0.2, 0.25) is 0 Å². The Morgan fingerprint density at radius 3 is 2.53 bits per heavy atom. The average Bonchev–Trinajstić information content (AvgIpc) is 2.42. The van der Waals surface area contributed by atoms with Crippen molar-refractivity contribution in [1.29, 1.82) is 0 Å². The number of amides is 1. The van der Waals surface area contributed by atoms with Gasteiger partial charge in [-0.15, -0.1) is 0 Å². The molecular weight excluding hydrogens is 238 g/mol. The van der Waals surface area contributed by atoms with Gasteiger partial charge in [0.05, 0.1) is 0 Å². The van der Waals surface area contributed by atoms with E-state index in [9.17, 15) is 4.79 Å². The first-order chi connectivity index (χ1) is 9.13. The van der Waals surface area contributed by atoms with Gasteiger partial charge in [0.25, 0.3) is 0 Å². The highest BCUT2D eigenvalue weighted by atomic mass is 16.2. The molecule has 0 saturated carbocycles. The number of benzene rings is 1. The number of anilines is 1. The molecule has 19 heavy (non-hydrogen) atoms. The van der Waals surface area contributed by atoms with Crippen LogP contribution in [0.15, 0.2) is 18.2 Å². The van der Waals surface area contributed by atoms with Gasteiger partial charge in [-0.2, -0.15) is 0 Å². The molecule has 1 aromatic rings. The summed E-state index contributed by atoms with van der Waals surface area (Å²) in [4.78, 5) is 16.1. The second kappa shape index (κ2) is 6.06. The van der Waals surface area contributed by atoms with Gasteiger partial charge in [0.1, 0.15) is 0 Å². The van der Waals surface area contributed by atoms with Gasteiger partial charge in [0.15, 0.2) is 0 Å². The Hall–Kier alpha value is -1.55. The van der Waals surface area contributed by atoms with Crippen LogP contribution in [0.4, 0.5) is 5.69 Å². The van der Waals surface area contributed by atoms with Crippen molar-refractivity contribution in [2.75, 3.05) is 37.6 Å². The van der Waals surface area contributed by atoms with Crippen LogP contribution in [0.3, 0.4) is 0 Å². The molecule has 0 spiro atoms. The van der Waals surface area contributed by atoms with Crippen molar-refractivity contribution >= 4 is 11.6 Å². The Labute approximate surface area is 115 Å². The van der Waals surface area contributed by atoms with Crippen LogP contribution in [0.5, 0.6) is 0 Å². The predicted octanol–water partition coefficient (Wildman–Crippen LogP) is 1.30. The topological polar surface area (TPSA) is 49.6 Å². The second-order valence-corrected chi connectivity index (χ2v) is 5.13. The van der Waals surface area contributed by atoms with Crippen LogP contribution in [0, 0.1) is 13.8 Å². The average molecular weight is 261 g/mol. The fourth-order valence-corrected chi connectivity index (χ4v) is 2.56. The lowest BCUT2D eigenvalue weighted by Gasteiger charge is -2.37. The van der Waals surface area contributed by atoms with Gasteiger partial charge >= 0.3 is 0 Å². The summed E-state index contributed by atoms with van der Waals surface area (Å²) in [5.74, 6) is 0.183. The van der Waals surface area contributed by atoms with Gasteiger partial charge in [-0.1, -0.05) is 12.1 Å². The lowest BCUT2D eigenvalue weighted by Crippen LogP contribution is -2.49. The summed E-state index contributed by atoms with van der Waals surface area (Å²) in [5, 5.41) is 0. The van der Waals surface area contributed by atoms with Gasteiger partial charge in [-0.3, -0.25) is 4.79 Å². The third-order valence-corrected chi connectivity index (χ3v) is 3.91. The Bertz CT molecular complexity index is 451. The number of rotatable bonds is 3. The van der Waals surface area contributed by atoms with E-state index in [-0.39, 0.29) is 5.91 Å². The molecule has 0 bridgehead atoms. The molecule has 1 aromatic carbocycles. The molecule has 4 nitrogen and oxygen atoms in total. The smallest absolute Gasteiger partial charge is 0.223 e. The lowest BCUT2D eigenvalue weighted by molar-refractivity contribution is -0.131.